The summed E-state index contributed by atoms with van der Waals surface area (Å²) in [6, 6.07) is 11.1. The lowest BCUT2D eigenvalue weighted by Crippen LogP contribution is -2.30. The van der Waals surface area contributed by atoms with E-state index in [1.165, 1.54) is 5.56 Å². The molecule has 2 rings (SSSR count). The predicted molar refractivity (Wildman–Crippen MR) is 86.8 cm³/mol. The lowest BCUT2D eigenvalue weighted by atomic mass is 10.2. The molecule has 6 heteroatoms. The molecule has 1 amide bonds. The minimum atomic E-state index is -0.826. The van der Waals surface area contributed by atoms with E-state index in [0.717, 1.165) is 22.8 Å². The molecule has 0 heterocycles. The standard InChI is InChI=1S/C17H17F2NO2S/c1-12-2-5-14(6-3-12)23-9-8-20-17(21)11-22-16-7-4-13(18)10-15(16)19/h2-7,10H,8-9,11H2,1H3,(H,20,21). The van der Waals surface area contributed by atoms with Crippen LogP contribution < -0.4 is 10.1 Å². The Bertz CT molecular complexity index is 662. The molecule has 0 fully saturated rings. The molecule has 0 saturated heterocycles. The van der Waals surface area contributed by atoms with Crippen LogP contribution in [0.5, 0.6) is 5.75 Å². The Morgan fingerprint density at radius 2 is 1.91 bits per heavy atom. The van der Waals surface area contributed by atoms with E-state index in [-0.39, 0.29) is 18.3 Å². The Balaban J connectivity index is 1.66. The third kappa shape index (κ3) is 5.90. The minimum absolute atomic E-state index is 0.143. The highest BCUT2D eigenvalue weighted by Gasteiger charge is 2.07. The van der Waals surface area contributed by atoms with E-state index < -0.39 is 11.6 Å². The average molecular weight is 337 g/mol. The van der Waals surface area contributed by atoms with Gasteiger partial charge in [0.2, 0.25) is 0 Å². The Morgan fingerprint density at radius 3 is 2.61 bits per heavy atom. The largest absolute Gasteiger partial charge is 0.481 e. The number of thioether (sulfide) groups is 1. The van der Waals surface area contributed by atoms with Crippen molar-refractivity contribution in [1.29, 1.82) is 0 Å². The second-order valence-corrected chi connectivity index (χ2v) is 6.04. The van der Waals surface area contributed by atoms with E-state index in [1.807, 2.05) is 31.2 Å². The van der Waals surface area contributed by atoms with Crippen molar-refractivity contribution in [3.05, 3.63) is 59.7 Å². The lowest BCUT2D eigenvalue weighted by molar-refractivity contribution is -0.123. The molecule has 0 saturated carbocycles. The summed E-state index contributed by atoms with van der Waals surface area (Å²) in [4.78, 5) is 12.7. The number of aryl methyl sites for hydroxylation is 1. The number of ether oxygens (including phenoxy) is 1. The zero-order valence-corrected chi connectivity index (χ0v) is 13.5. The molecular formula is C17H17F2NO2S. The third-order valence-electron chi connectivity index (χ3n) is 2.97. The molecule has 3 nitrogen and oxygen atoms in total. The molecule has 0 radical (unpaired) electrons. The van der Waals surface area contributed by atoms with E-state index in [0.29, 0.717) is 12.6 Å². The molecule has 0 aliphatic rings. The quantitative estimate of drug-likeness (QED) is 0.620. The van der Waals surface area contributed by atoms with Crippen LogP contribution in [0.3, 0.4) is 0 Å². The molecule has 0 aliphatic heterocycles. The normalized spacial score (nSPS) is 10.4. The number of benzene rings is 2. The first-order valence-corrected chi connectivity index (χ1v) is 8.07. The first-order chi connectivity index (χ1) is 11.0. The van der Waals surface area contributed by atoms with Crippen LogP contribution in [0.1, 0.15) is 5.56 Å². The minimum Gasteiger partial charge on any atom is -0.481 e. The summed E-state index contributed by atoms with van der Waals surface area (Å²) >= 11 is 1.63. The van der Waals surface area contributed by atoms with Gasteiger partial charge in [-0.05, 0) is 31.2 Å². The lowest BCUT2D eigenvalue weighted by Gasteiger charge is -2.08. The van der Waals surface area contributed by atoms with Crippen molar-refractivity contribution in [2.75, 3.05) is 18.9 Å². The highest BCUT2D eigenvalue weighted by atomic mass is 32.2. The highest BCUT2D eigenvalue weighted by molar-refractivity contribution is 7.99. The van der Waals surface area contributed by atoms with Crippen molar-refractivity contribution < 1.29 is 18.3 Å². The van der Waals surface area contributed by atoms with Crippen LogP contribution in [-0.4, -0.2) is 24.8 Å². The zero-order valence-electron chi connectivity index (χ0n) is 12.6. The summed E-state index contributed by atoms with van der Waals surface area (Å²) in [6.07, 6.45) is 0. The molecule has 0 aliphatic carbocycles. The van der Waals surface area contributed by atoms with Crippen LogP contribution in [-0.2, 0) is 4.79 Å². The van der Waals surface area contributed by atoms with Gasteiger partial charge in [-0.2, -0.15) is 0 Å². The number of carbonyl (C=O) groups is 1. The maximum absolute atomic E-state index is 13.3. The Morgan fingerprint density at radius 1 is 1.17 bits per heavy atom. The Kier molecular flexibility index (Phi) is 6.40. The van der Waals surface area contributed by atoms with Gasteiger partial charge < -0.3 is 10.1 Å². The summed E-state index contributed by atoms with van der Waals surface area (Å²) in [6.45, 7) is 2.20. The number of hydrogen-bond donors (Lipinski definition) is 1. The topological polar surface area (TPSA) is 38.3 Å². The van der Waals surface area contributed by atoms with Crippen molar-refractivity contribution in [3.8, 4) is 5.75 Å². The van der Waals surface area contributed by atoms with Crippen LogP contribution >= 0.6 is 11.8 Å². The maximum Gasteiger partial charge on any atom is 0.257 e. The van der Waals surface area contributed by atoms with Gasteiger partial charge in [0.05, 0.1) is 0 Å². The van der Waals surface area contributed by atoms with Gasteiger partial charge in [-0.3, -0.25) is 4.79 Å². The number of rotatable bonds is 7. The zero-order chi connectivity index (χ0) is 16.7. The number of amides is 1. The smallest absolute Gasteiger partial charge is 0.257 e. The average Bonchev–Trinajstić information content (AvgIpc) is 2.52. The third-order valence-corrected chi connectivity index (χ3v) is 3.98. The fourth-order valence-corrected chi connectivity index (χ4v) is 2.55. The van der Waals surface area contributed by atoms with Gasteiger partial charge in [0.1, 0.15) is 5.82 Å². The summed E-state index contributed by atoms with van der Waals surface area (Å²) in [5.41, 5.74) is 1.20. The van der Waals surface area contributed by atoms with Crippen molar-refractivity contribution in [2.45, 2.75) is 11.8 Å². The van der Waals surface area contributed by atoms with Crippen molar-refractivity contribution >= 4 is 17.7 Å². The molecule has 1 N–H and O–H groups in total. The second kappa shape index (κ2) is 8.53. The van der Waals surface area contributed by atoms with Gasteiger partial charge in [-0.15, -0.1) is 11.8 Å². The molecule has 0 aromatic heterocycles. The van der Waals surface area contributed by atoms with Gasteiger partial charge in [0.15, 0.2) is 18.2 Å². The summed E-state index contributed by atoms with van der Waals surface area (Å²) in [5, 5.41) is 2.68. The van der Waals surface area contributed by atoms with Crippen LogP contribution in [0.2, 0.25) is 0 Å². The van der Waals surface area contributed by atoms with Crippen LogP contribution in [0.25, 0.3) is 0 Å². The molecule has 2 aromatic carbocycles. The van der Waals surface area contributed by atoms with E-state index in [1.54, 1.807) is 11.8 Å². The molecule has 122 valence electrons. The fourth-order valence-electron chi connectivity index (χ4n) is 1.78. The van der Waals surface area contributed by atoms with Gasteiger partial charge in [-0.1, -0.05) is 17.7 Å². The van der Waals surface area contributed by atoms with Gasteiger partial charge >= 0.3 is 0 Å². The molecule has 0 unspecified atom stereocenters. The molecule has 23 heavy (non-hydrogen) atoms. The van der Waals surface area contributed by atoms with Gasteiger partial charge in [0, 0.05) is 23.3 Å². The van der Waals surface area contributed by atoms with Crippen molar-refractivity contribution in [2.24, 2.45) is 0 Å². The number of carbonyl (C=O) groups excluding carboxylic acids is 1. The van der Waals surface area contributed by atoms with E-state index in [4.69, 9.17) is 4.74 Å². The van der Waals surface area contributed by atoms with E-state index in [9.17, 15) is 13.6 Å². The molecule has 2 aromatic rings. The van der Waals surface area contributed by atoms with Gasteiger partial charge in [0.25, 0.3) is 5.91 Å². The van der Waals surface area contributed by atoms with Crippen LogP contribution in [0, 0.1) is 18.6 Å². The summed E-state index contributed by atoms with van der Waals surface area (Å²) in [7, 11) is 0. The van der Waals surface area contributed by atoms with E-state index >= 15 is 0 Å². The Labute approximate surface area is 138 Å². The first-order valence-electron chi connectivity index (χ1n) is 7.08. The van der Waals surface area contributed by atoms with Crippen LogP contribution in [0.4, 0.5) is 8.78 Å². The van der Waals surface area contributed by atoms with E-state index in [2.05, 4.69) is 5.32 Å². The SMILES string of the molecule is Cc1ccc(SCCNC(=O)COc2ccc(F)cc2F)cc1. The second-order valence-electron chi connectivity index (χ2n) is 4.87. The maximum atomic E-state index is 13.3. The highest BCUT2D eigenvalue weighted by Crippen LogP contribution is 2.18. The number of hydrogen-bond acceptors (Lipinski definition) is 3. The summed E-state index contributed by atoms with van der Waals surface area (Å²) in [5.74, 6) is -1.28. The van der Waals surface area contributed by atoms with Crippen molar-refractivity contribution in [3.63, 3.8) is 0 Å². The predicted octanol–water partition coefficient (Wildman–Crippen LogP) is 3.56. The molecular weight excluding hydrogens is 320 g/mol. The monoisotopic (exact) mass is 337 g/mol. The molecule has 0 bridgehead atoms. The fraction of sp³-hybridized carbons (Fsp3) is 0.235. The van der Waals surface area contributed by atoms with Crippen LogP contribution in [0.15, 0.2) is 47.4 Å². The van der Waals surface area contributed by atoms with Crippen molar-refractivity contribution in [1.82, 2.24) is 5.32 Å². The number of nitrogens with one attached hydrogen (secondary N) is 1. The molecule has 0 atom stereocenters. The number of halogens is 2. The van der Waals surface area contributed by atoms with Gasteiger partial charge in [-0.25, -0.2) is 8.78 Å². The summed E-state index contributed by atoms with van der Waals surface area (Å²) < 4.78 is 31.1. The first kappa shape index (κ1) is 17.3. The molecule has 0 spiro atoms. The Hall–Kier alpha value is -2.08.